The molecule has 1 N–H and O–H groups in total. The van der Waals surface area contributed by atoms with Gasteiger partial charge in [0.1, 0.15) is 29.5 Å². The van der Waals surface area contributed by atoms with E-state index >= 15 is 0 Å². The van der Waals surface area contributed by atoms with Crippen LogP contribution in [-0.2, 0) is 38.1 Å². The van der Waals surface area contributed by atoms with Gasteiger partial charge in [-0.3, -0.25) is 4.79 Å². The maximum atomic E-state index is 12.5. The van der Waals surface area contributed by atoms with E-state index < -0.39 is 64.8 Å². The highest BCUT2D eigenvalue weighted by atomic mass is 17.0. The molecule has 0 aromatic heterocycles. The monoisotopic (exact) mass is 476 g/mol. The average Bonchev–Trinajstić information content (AvgIpc) is 3.19. The molecular formula is C20H32N2O11. The van der Waals surface area contributed by atoms with Crippen LogP contribution < -0.4 is 5.32 Å². The number of ether oxygens (including phenoxy) is 5. The van der Waals surface area contributed by atoms with Gasteiger partial charge in [-0.15, -0.1) is 10.1 Å². The second-order valence-corrected chi connectivity index (χ2v) is 9.76. The topological polar surface area (TPSA) is 162 Å². The van der Waals surface area contributed by atoms with Crippen LogP contribution in [0.3, 0.4) is 0 Å². The lowest BCUT2D eigenvalue weighted by atomic mass is 10.1. The summed E-state index contributed by atoms with van der Waals surface area (Å²) in [5.41, 5.74) is -1.58. The van der Waals surface area contributed by atoms with E-state index in [-0.39, 0.29) is 26.1 Å². The molecule has 0 aromatic carbocycles. The third-order valence-corrected chi connectivity index (χ3v) is 4.49. The molecule has 2 fully saturated rings. The molecule has 13 nitrogen and oxygen atoms in total. The number of fused-ring (bicyclic) bond motifs is 1. The van der Waals surface area contributed by atoms with Crippen molar-refractivity contribution in [2.75, 3.05) is 13.2 Å². The average molecular weight is 476 g/mol. The van der Waals surface area contributed by atoms with Crippen LogP contribution in [0.4, 0.5) is 4.79 Å². The van der Waals surface area contributed by atoms with Gasteiger partial charge in [0.05, 0.1) is 13.2 Å². The number of nitrogens with zero attached hydrogens (tertiary/aromatic N) is 1. The molecule has 2 saturated heterocycles. The van der Waals surface area contributed by atoms with E-state index in [1.807, 2.05) is 0 Å². The van der Waals surface area contributed by atoms with E-state index in [0.717, 1.165) is 0 Å². The summed E-state index contributed by atoms with van der Waals surface area (Å²) in [6.45, 7) is 9.99. The fourth-order valence-corrected chi connectivity index (χ4v) is 3.29. The van der Waals surface area contributed by atoms with Crippen LogP contribution in [0.15, 0.2) is 0 Å². The van der Waals surface area contributed by atoms with Gasteiger partial charge in [-0.25, -0.2) is 9.59 Å². The van der Waals surface area contributed by atoms with Gasteiger partial charge in [0.15, 0.2) is 12.2 Å². The Bertz CT molecular complexity index is 743. The van der Waals surface area contributed by atoms with Crippen molar-refractivity contribution in [2.45, 2.75) is 96.0 Å². The van der Waals surface area contributed by atoms with Crippen LogP contribution in [-0.4, -0.2) is 78.0 Å². The van der Waals surface area contributed by atoms with Crippen LogP contribution in [0.5, 0.6) is 0 Å². The molecule has 2 rings (SSSR count). The maximum absolute atomic E-state index is 12.5. The summed E-state index contributed by atoms with van der Waals surface area (Å²) >= 11 is 0. The third-order valence-electron chi connectivity index (χ3n) is 4.49. The van der Waals surface area contributed by atoms with Crippen molar-refractivity contribution >= 4 is 18.0 Å². The van der Waals surface area contributed by atoms with Crippen molar-refractivity contribution in [2.24, 2.45) is 0 Å². The number of hydrogen-bond acceptors (Lipinski definition) is 11. The minimum absolute atomic E-state index is 0.00962. The van der Waals surface area contributed by atoms with Crippen molar-refractivity contribution in [1.29, 1.82) is 0 Å². The Morgan fingerprint density at radius 1 is 1.00 bits per heavy atom. The molecule has 2 aliphatic rings. The second kappa shape index (κ2) is 10.5. The minimum atomic E-state index is -1.14. The fraction of sp³-hybridized carbons (Fsp3) is 0.850. The quantitative estimate of drug-likeness (QED) is 0.232. The molecule has 0 radical (unpaired) electrons. The molecule has 33 heavy (non-hydrogen) atoms. The fourth-order valence-electron chi connectivity index (χ4n) is 3.29. The van der Waals surface area contributed by atoms with Gasteiger partial charge < -0.3 is 33.8 Å². The van der Waals surface area contributed by atoms with E-state index in [9.17, 15) is 24.5 Å². The van der Waals surface area contributed by atoms with Crippen molar-refractivity contribution in [1.82, 2.24) is 5.32 Å². The summed E-state index contributed by atoms with van der Waals surface area (Å²) in [6, 6.07) is -1.14. The first-order chi connectivity index (χ1) is 15.1. The summed E-state index contributed by atoms with van der Waals surface area (Å²) in [4.78, 5) is 52.2. The number of esters is 2. The predicted molar refractivity (Wildman–Crippen MR) is 109 cm³/mol. The Morgan fingerprint density at radius 3 is 2.09 bits per heavy atom. The van der Waals surface area contributed by atoms with Crippen LogP contribution in [0, 0.1) is 10.1 Å². The Hall–Kier alpha value is -2.67. The summed E-state index contributed by atoms with van der Waals surface area (Å²) in [5.74, 6) is -1.38. The van der Waals surface area contributed by atoms with E-state index in [1.54, 1.807) is 41.5 Å². The van der Waals surface area contributed by atoms with Crippen molar-refractivity contribution in [3.8, 4) is 0 Å². The first-order valence-electron chi connectivity index (χ1n) is 10.6. The molecule has 0 unspecified atom stereocenters. The Labute approximate surface area is 191 Å². The summed E-state index contributed by atoms with van der Waals surface area (Å²) < 4.78 is 26.8. The third kappa shape index (κ3) is 8.65. The van der Waals surface area contributed by atoms with Crippen LogP contribution in [0.1, 0.15) is 54.4 Å². The maximum Gasteiger partial charge on any atom is 0.408 e. The van der Waals surface area contributed by atoms with Gasteiger partial charge in [0.2, 0.25) is 0 Å². The van der Waals surface area contributed by atoms with Gasteiger partial charge in [0.25, 0.3) is 5.09 Å². The Balaban J connectivity index is 1.92. The van der Waals surface area contributed by atoms with E-state index in [2.05, 4.69) is 10.2 Å². The lowest BCUT2D eigenvalue weighted by molar-refractivity contribution is -0.769. The second-order valence-electron chi connectivity index (χ2n) is 9.76. The van der Waals surface area contributed by atoms with Crippen molar-refractivity contribution < 1.29 is 48.0 Å². The number of alkyl carbamates (subject to hydrolysis) is 1. The highest BCUT2D eigenvalue weighted by Gasteiger charge is 2.51. The molecule has 1 amide bonds. The lowest BCUT2D eigenvalue weighted by Gasteiger charge is -2.26. The lowest BCUT2D eigenvalue weighted by Crippen LogP contribution is -2.46. The molecule has 0 aromatic rings. The van der Waals surface area contributed by atoms with Crippen LogP contribution >= 0.6 is 0 Å². The molecule has 2 aliphatic heterocycles. The molecule has 0 aliphatic carbocycles. The summed E-state index contributed by atoms with van der Waals surface area (Å²) in [6.07, 6.45) is -4.23. The summed E-state index contributed by atoms with van der Waals surface area (Å²) in [5, 5.41) is 12.1. The summed E-state index contributed by atoms with van der Waals surface area (Å²) in [7, 11) is 0. The first kappa shape index (κ1) is 26.6. The molecule has 5 atom stereocenters. The zero-order valence-corrected chi connectivity index (χ0v) is 19.7. The number of carbonyl (C=O) groups excluding carboxylic acids is 3. The normalized spacial score (nSPS) is 25.5. The van der Waals surface area contributed by atoms with Gasteiger partial charge in [-0.1, -0.05) is 0 Å². The molecule has 13 heteroatoms. The minimum Gasteiger partial charge on any atom is -0.458 e. The molecular weight excluding hydrogens is 444 g/mol. The van der Waals surface area contributed by atoms with E-state index in [4.69, 9.17) is 23.7 Å². The van der Waals surface area contributed by atoms with Gasteiger partial charge >= 0.3 is 18.0 Å². The smallest absolute Gasteiger partial charge is 0.408 e. The highest BCUT2D eigenvalue weighted by molar-refractivity contribution is 5.82. The highest BCUT2D eigenvalue weighted by Crippen LogP contribution is 2.30. The largest absolute Gasteiger partial charge is 0.458 e. The van der Waals surface area contributed by atoms with E-state index in [0.29, 0.717) is 0 Å². The molecule has 2 heterocycles. The number of hydrogen-bond donors (Lipinski definition) is 1. The first-order valence-corrected chi connectivity index (χ1v) is 10.6. The zero-order valence-electron chi connectivity index (χ0n) is 19.7. The number of carbonyl (C=O) groups is 3. The number of nitrogens with one attached hydrogen (secondary N) is 1. The van der Waals surface area contributed by atoms with Crippen LogP contribution in [0.2, 0.25) is 0 Å². The van der Waals surface area contributed by atoms with Crippen molar-refractivity contribution in [3.05, 3.63) is 10.1 Å². The molecule has 0 bridgehead atoms. The van der Waals surface area contributed by atoms with Gasteiger partial charge in [-0.05, 0) is 48.0 Å². The molecule has 0 spiro atoms. The standard InChI is InChI=1S/C20H32N2O11/c1-19(2,3)31-17(24)11(21-18(25)32-20(4,5)6)7-8-14(23)30-12-9-28-16-13(33-22(26)27)10-29-15(12)16/h11-13,15-16H,7-10H2,1-6H3,(H,21,25)/t11-,12-,13+,15-,16+/m0/s1. The molecule has 0 saturated carbocycles. The van der Waals surface area contributed by atoms with Gasteiger partial charge in [-0.2, -0.15) is 0 Å². The number of rotatable bonds is 8. The Kier molecular flexibility index (Phi) is 8.46. The Morgan fingerprint density at radius 2 is 1.55 bits per heavy atom. The van der Waals surface area contributed by atoms with Crippen LogP contribution in [0.25, 0.3) is 0 Å². The zero-order chi connectivity index (χ0) is 25.0. The van der Waals surface area contributed by atoms with Gasteiger partial charge in [0, 0.05) is 6.42 Å². The number of amides is 1. The van der Waals surface area contributed by atoms with E-state index in [1.165, 1.54) is 0 Å². The predicted octanol–water partition coefficient (Wildman–Crippen LogP) is 1.29. The SMILES string of the molecule is CC(C)(C)OC(=O)N[C@@H](CCC(=O)O[C@H]1CO[C@H]2[C@H]1OC[C@H]2O[N+](=O)[O-])C(=O)OC(C)(C)C. The van der Waals surface area contributed by atoms with Crippen molar-refractivity contribution in [3.63, 3.8) is 0 Å². The molecule has 188 valence electrons.